The summed E-state index contributed by atoms with van der Waals surface area (Å²) in [6.07, 6.45) is 2.84. The van der Waals surface area contributed by atoms with Crippen molar-refractivity contribution in [2.75, 3.05) is 6.61 Å². The first-order valence-electron chi connectivity index (χ1n) is 5.03. The zero-order chi connectivity index (χ0) is 9.97. The number of hydrogen-bond acceptors (Lipinski definition) is 4. The van der Waals surface area contributed by atoms with E-state index < -0.39 is 0 Å². The lowest BCUT2D eigenvalue weighted by atomic mass is 9.93. The lowest BCUT2D eigenvalue weighted by Crippen LogP contribution is -2.28. The van der Waals surface area contributed by atoms with Crippen molar-refractivity contribution in [1.82, 2.24) is 10.2 Å². The molecule has 0 saturated heterocycles. The molecule has 1 aliphatic rings. The van der Waals surface area contributed by atoms with E-state index in [1.54, 1.807) is 0 Å². The quantitative estimate of drug-likeness (QED) is 0.750. The van der Waals surface area contributed by atoms with Crippen LogP contribution in [0.15, 0.2) is 6.07 Å². The first kappa shape index (κ1) is 9.40. The highest BCUT2D eigenvalue weighted by molar-refractivity contribution is 5.27. The largest absolute Gasteiger partial charge is 0.477 e. The first-order valence-corrected chi connectivity index (χ1v) is 5.03. The van der Waals surface area contributed by atoms with Crippen molar-refractivity contribution < 1.29 is 4.74 Å². The molecule has 0 saturated carbocycles. The second-order valence-corrected chi connectivity index (χ2v) is 3.59. The van der Waals surface area contributed by atoms with Crippen LogP contribution in [0.1, 0.15) is 24.6 Å². The maximum absolute atomic E-state index is 5.88. The number of hydrogen-bond donors (Lipinski definition) is 1. The Kier molecular flexibility index (Phi) is 2.63. The van der Waals surface area contributed by atoms with E-state index in [-0.39, 0.29) is 6.04 Å². The molecular weight excluding hydrogens is 178 g/mol. The van der Waals surface area contributed by atoms with Crippen LogP contribution in [-0.4, -0.2) is 22.8 Å². The van der Waals surface area contributed by atoms with Crippen LogP contribution >= 0.6 is 0 Å². The SMILES string of the molecule is CCOc1cc2c(nn1)CC[C@H](N)C2. The van der Waals surface area contributed by atoms with E-state index in [0.29, 0.717) is 12.5 Å². The van der Waals surface area contributed by atoms with Crippen molar-refractivity contribution in [3.8, 4) is 5.88 Å². The standard InChI is InChI=1S/C10H15N3O/c1-2-14-10-6-7-5-8(11)3-4-9(7)12-13-10/h6,8H,2-5,11H2,1H3/t8-/m0/s1. The van der Waals surface area contributed by atoms with Crippen LogP contribution < -0.4 is 10.5 Å². The molecule has 1 aromatic rings. The lowest BCUT2D eigenvalue weighted by molar-refractivity contribution is 0.320. The second kappa shape index (κ2) is 3.92. The van der Waals surface area contributed by atoms with Crippen molar-refractivity contribution in [1.29, 1.82) is 0 Å². The van der Waals surface area contributed by atoms with Gasteiger partial charge in [0.25, 0.3) is 0 Å². The second-order valence-electron chi connectivity index (χ2n) is 3.59. The van der Waals surface area contributed by atoms with Crippen LogP contribution in [0, 0.1) is 0 Å². The number of aryl methyl sites for hydroxylation is 1. The summed E-state index contributed by atoms with van der Waals surface area (Å²) in [5.74, 6) is 0.611. The minimum atomic E-state index is 0.265. The Morgan fingerprint density at radius 1 is 1.57 bits per heavy atom. The highest BCUT2D eigenvalue weighted by atomic mass is 16.5. The Balaban J connectivity index is 2.24. The summed E-state index contributed by atoms with van der Waals surface area (Å²) in [5, 5.41) is 8.14. The van der Waals surface area contributed by atoms with E-state index >= 15 is 0 Å². The molecule has 76 valence electrons. The third kappa shape index (κ3) is 1.85. The summed E-state index contributed by atoms with van der Waals surface area (Å²) in [6, 6.07) is 2.23. The van der Waals surface area contributed by atoms with E-state index in [2.05, 4.69) is 10.2 Å². The maximum Gasteiger partial charge on any atom is 0.233 e. The summed E-state index contributed by atoms with van der Waals surface area (Å²) in [5.41, 5.74) is 8.16. The molecule has 0 bridgehead atoms. The van der Waals surface area contributed by atoms with Crippen LogP contribution in [0.5, 0.6) is 5.88 Å². The topological polar surface area (TPSA) is 61.0 Å². The van der Waals surface area contributed by atoms with Crippen LogP contribution in [-0.2, 0) is 12.8 Å². The van der Waals surface area contributed by atoms with Crippen LogP contribution in [0.3, 0.4) is 0 Å². The summed E-state index contributed by atoms with van der Waals surface area (Å²) in [4.78, 5) is 0. The summed E-state index contributed by atoms with van der Waals surface area (Å²) in [6.45, 7) is 2.56. The average molecular weight is 193 g/mol. The molecule has 1 atom stereocenters. The van der Waals surface area contributed by atoms with Gasteiger partial charge >= 0.3 is 0 Å². The van der Waals surface area contributed by atoms with Gasteiger partial charge in [-0.15, -0.1) is 5.10 Å². The van der Waals surface area contributed by atoms with Crippen LogP contribution in [0.2, 0.25) is 0 Å². The minimum Gasteiger partial charge on any atom is -0.477 e. The fourth-order valence-electron chi connectivity index (χ4n) is 1.75. The van der Waals surface area contributed by atoms with Crippen molar-refractivity contribution in [2.45, 2.75) is 32.2 Å². The van der Waals surface area contributed by atoms with E-state index in [9.17, 15) is 0 Å². The number of nitrogens with zero attached hydrogens (tertiary/aromatic N) is 2. The van der Waals surface area contributed by atoms with E-state index in [4.69, 9.17) is 10.5 Å². The molecule has 0 amide bonds. The predicted octanol–water partition coefficient (Wildman–Crippen LogP) is 0.691. The normalized spacial score (nSPS) is 20.3. The average Bonchev–Trinajstić information content (AvgIpc) is 2.17. The van der Waals surface area contributed by atoms with Gasteiger partial charge < -0.3 is 10.5 Å². The van der Waals surface area contributed by atoms with Gasteiger partial charge in [-0.05, 0) is 31.7 Å². The smallest absolute Gasteiger partial charge is 0.233 e. The van der Waals surface area contributed by atoms with Gasteiger partial charge in [0.2, 0.25) is 5.88 Å². The zero-order valence-electron chi connectivity index (χ0n) is 8.36. The fourth-order valence-corrected chi connectivity index (χ4v) is 1.75. The van der Waals surface area contributed by atoms with Crippen molar-refractivity contribution in [2.24, 2.45) is 5.73 Å². The fraction of sp³-hybridized carbons (Fsp3) is 0.600. The Hall–Kier alpha value is -1.16. The number of nitrogens with two attached hydrogens (primary N) is 1. The number of ether oxygens (including phenoxy) is 1. The summed E-state index contributed by atoms with van der Waals surface area (Å²) in [7, 11) is 0. The lowest BCUT2D eigenvalue weighted by Gasteiger charge is -2.19. The molecular formula is C10H15N3O. The summed E-state index contributed by atoms with van der Waals surface area (Å²) < 4.78 is 5.29. The van der Waals surface area contributed by atoms with E-state index in [1.165, 1.54) is 5.56 Å². The Morgan fingerprint density at radius 3 is 3.21 bits per heavy atom. The molecule has 0 fully saturated rings. The van der Waals surface area contributed by atoms with Crippen LogP contribution in [0.25, 0.3) is 0 Å². The highest BCUT2D eigenvalue weighted by Crippen LogP contribution is 2.20. The molecule has 1 aliphatic carbocycles. The summed E-state index contributed by atoms with van der Waals surface area (Å²) >= 11 is 0. The first-order chi connectivity index (χ1) is 6.79. The molecule has 0 radical (unpaired) electrons. The van der Waals surface area contributed by atoms with Gasteiger partial charge in [-0.2, -0.15) is 5.10 Å². The van der Waals surface area contributed by atoms with Gasteiger partial charge in [-0.3, -0.25) is 0 Å². The molecule has 2 rings (SSSR count). The molecule has 0 aliphatic heterocycles. The monoisotopic (exact) mass is 193 g/mol. The van der Waals surface area contributed by atoms with Gasteiger partial charge in [-0.1, -0.05) is 0 Å². The molecule has 0 aromatic carbocycles. The third-order valence-electron chi connectivity index (χ3n) is 2.46. The molecule has 2 N–H and O–H groups in total. The van der Waals surface area contributed by atoms with Gasteiger partial charge in [-0.25, -0.2) is 0 Å². The van der Waals surface area contributed by atoms with Gasteiger partial charge in [0.15, 0.2) is 0 Å². The van der Waals surface area contributed by atoms with Crippen molar-refractivity contribution >= 4 is 0 Å². The third-order valence-corrected chi connectivity index (χ3v) is 2.46. The van der Waals surface area contributed by atoms with Gasteiger partial charge in [0, 0.05) is 12.1 Å². The maximum atomic E-state index is 5.88. The van der Waals surface area contributed by atoms with Gasteiger partial charge in [0.1, 0.15) is 0 Å². The molecule has 14 heavy (non-hydrogen) atoms. The Morgan fingerprint density at radius 2 is 2.43 bits per heavy atom. The number of fused-ring (bicyclic) bond motifs is 1. The molecule has 0 spiro atoms. The molecule has 4 heteroatoms. The Labute approximate surface area is 83.5 Å². The number of rotatable bonds is 2. The molecule has 4 nitrogen and oxygen atoms in total. The van der Waals surface area contributed by atoms with Crippen molar-refractivity contribution in [3.63, 3.8) is 0 Å². The van der Waals surface area contributed by atoms with E-state index in [0.717, 1.165) is 25.0 Å². The molecule has 1 aromatic heterocycles. The number of aromatic nitrogens is 2. The molecule has 1 heterocycles. The Bertz CT molecular complexity index is 327. The van der Waals surface area contributed by atoms with Crippen LogP contribution in [0.4, 0.5) is 0 Å². The minimum absolute atomic E-state index is 0.265. The zero-order valence-corrected chi connectivity index (χ0v) is 8.36. The molecule has 0 unspecified atom stereocenters. The van der Waals surface area contributed by atoms with Gasteiger partial charge in [0.05, 0.1) is 12.3 Å². The van der Waals surface area contributed by atoms with E-state index in [1.807, 2.05) is 13.0 Å². The predicted molar refractivity (Wildman–Crippen MR) is 53.2 cm³/mol. The van der Waals surface area contributed by atoms with Crippen molar-refractivity contribution in [3.05, 3.63) is 17.3 Å². The highest BCUT2D eigenvalue weighted by Gasteiger charge is 2.17.